The minimum atomic E-state index is 0.00892. The van der Waals surface area contributed by atoms with Gasteiger partial charge < -0.3 is 9.47 Å². The Morgan fingerprint density at radius 2 is 1.80 bits per heavy atom. The zero-order valence-electron chi connectivity index (χ0n) is 11.6. The summed E-state index contributed by atoms with van der Waals surface area (Å²) in [6, 6.07) is 4.10. The number of aromatic nitrogens is 1. The number of amidine groups is 1. The zero-order valence-corrected chi connectivity index (χ0v) is 11.6. The van der Waals surface area contributed by atoms with Gasteiger partial charge in [-0.1, -0.05) is 12.8 Å². The van der Waals surface area contributed by atoms with Crippen LogP contribution in [0.2, 0.25) is 0 Å². The van der Waals surface area contributed by atoms with Crippen LogP contribution < -0.4 is 5.43 Å². The van der Waals surface area contributed by atoms with Gasteiger partial charge in [0.1, 0.15) is 5.66 Å². The Balaban J connectivity index is 1.68. The van der Waals surface area contributed by atoms with Crippen molar-refractivity contribution in [2.45, 2.75) is 44.2 Å². The summed E-state index contributed by atoms with van der Waals surface area (Å²) < 4.78 is 2.13. The highest BCUT2D eigenvalue weighted by atomic mass is 15.6. The molecule has 4 heteroatoms. The molecule has 4 nitrogen and oxygen atoms in total. The molecule has 0 saturated heterocycles. The van der Waals surface area contributed by atoms with E-state index in [2.05, 4.69) is 50.7 Å². The molecule has 1 fully saturated rings. The molecule has 4 rings (SSSR count). The number of fused-ring (bicyclic) bond motifs is 2. The van der Waals surface area contributed by atoms with Crippen LogP contribution >= 0.6 is 0 Å². The Morgan fingerprint density at radius 3 is 2.55 bits per heavy atom. The molecule has 3 aliphatic rings. The lowest BCUT2D eigenvalue weighted by Crippen LogP contribution is -2.51. The lowest BCUT2D eigenvalue weighted by Gasteiger charge is -2.38. The van der Waals surface area contributed by atoms with E-state index >= 15 is 0 Å². The minimum absolute atomic E-state index is 0.00892. The van der Waals surface area contributed by atoms with Crippen molar-refractivity contribution in [3.8, 4) is 0 Å². The number of nitrogens with zero attached hydrogens (tertiary/aromatic N) is 3. The third-order valence-electron chi connectivity index (χ3n) is 4.59. The van der Waals surface area contributed by atoms with E-state index < -0.39 is 0 Å². The van der Waals surface area contributed by atoms with Crippen LogP contribution in [0.5, 0.6) is 0 Å². The average molecular weight is 268 g/mol. The Bertz CT molecular complexity index is 572. The Kier molecular flexibility index (Phi) is 2.69. The third kappa shape index (κ3) is 1.71. The number of allylic oxidation sites excluding steroid dienone is 2. The summed E-state index contributed by atoms with van der Waals surface area (Å²) in [6.45, 7) is 0. The van der Waals surface area contributed by atoms with Crippen LogP contribution in [0, 0.1) is 0 Å². The number of rotatable bonds is 1. The topological polar surface area (TPSA) is 32.6 Å². The first-order chi connectivity index (χ1) is 9.89. The summed E-state index contributed by atoms with van der Waals surface area (Å²) in [5.41, 5.74) is 4.61. The molecule has 0 radical (unpaired) electrons. The summed E-state index contributed by atoms with van der Waals surface area (Å²) >= 11 is 0. The normalized spacial score (nSPS) is 23.9. The first kappa shape index (κ1) is 11.8. The van der Waals surface area contributed by atoms with Crippen molar-refractivity contribution in [3.63, 3.8) is 0 Å². The SMILES string of the molecule is C1=CN2C(=NNC23CCCCCC3)C(n2cccc2)=C1. The van der Waals surface area contributed by atoms with Gasteiger partial charge in [-0.3, -0.25) is 5.43 Å². The molecule has 1 aromatic rings. The quantitative estimate of drug-likeness (QED) is 0.848. The second-order valence-electron chi connectivity index (χ2n) is 5.85. The fourth-order valence-electron chi connectivity index (χ4n) is 3.52. The molecule has 20 heavy (non-hydrogen) atoms. The predicted molar refractivity (Wildman–Crippen MR) is 80.7 cm³/mol. The second-order valence-corrected chi connectivity index (χ2v) is 5.85. The van der Waals surface area contributed by atoms with Crippen LogP contribution in [0.25, 0.3) is 5.70 Å². The molecule has 3 heterocycles. The van der Waals surface area contributed by atoms with Crippen LogP contribution in [-0.2, 0) is 0 Å². The molecular weight excluding hydrogens is 248 g/mol. The van der Waals surface area contributed by atoms with E-state index in [1.807, 2.05) is 12.1 Å². The number of hydrogen-bond acceptors (Lipinski definition) is 3. The minimum Gasteiger partial charge on any atom is -0.321 e. The largest absolute Gasteiger partial charge is 0.321 e. The van der Waals surface area contributed by atoms with E-state index in [1.54, 1.807) is 0 Å². The molecule has 1 aliphatic carbocycles. The Labute approximate surface area is 119 Å². The van der Waals surface area contributed by atoms with Crippen LogP contribution in [0.4, 0.5) is 0 Å². The monoisotopic (exact) mass is 268 g/mol. The van der Waals surface area contributed by atoms with Gasteiger partial charge in [-0.2, -0.15) is 5.10 Å². The van der Waals surface area contributed by atoms with E-state index in [0.29, 0.717) is 0 Å². The maximum atomic E-state index is 4.67. The molecule has 0 atom stereocenters. The van der Waals surface area contributed by atoms with Crippen LogP contribution in [-0.4, -0.2) is 21.0 Å². The molecule has 0 amide bonds. The molecule has 1 N–H and O–H groups in total. The van der Waals surface area contributed by atoms with Crippen LogP contribution in [0.15, 0.2) is 48.0 Å². The van der Waals surface area contributed by atoms with Crippen molar-refractivity contribution in [1.29, 1.82) is 0 Å². The molecule has 1 aromatic heterocycles. The average Bonchev–Trinajstić information content (AvgIpc) is 3.05. The molecule has 0 bridgehead atoms. The highest BCUT2D eigenvalue weighted by Crippen LogP contribution is 2.37. The first-order valence-corrected chi connectivity index (χ1v) is 7.56. The van der Waals surface area contributed by atoms with Crippen molar-refractivity contribution < 1.29 is 0 Å². The van der Waals surface area contributed by atoms with Gasteiger partial charge in [0.25, 0.3) is 0 Å². The van der Waals surface area contributed by atoms with Gasteiger partial charge in [0.15, 0.2) is 5.84 Å². The Hall–Kier alpha value is -1.97. The number of hydrogen-bond donors (Lipinski definition) is 1. The molecule has 1 saturated carbocycles. The predicted octanol–water partition coefficient (Wildman–Crippen LogP) is 3.13. The zero-order chi connectivity index (χ0) is 13.4. The summed E-state index contributed by atoms with van der Waals surface area (Å²) in [4.78, 5) is 2.35. The van der Waals surface area contributed by atoms with Crippen LogP contribution in [0.3, 0.4) is 0 Å². The summed E-state index contributed by atoms with van der Waals surface area (Å²) in [7, 11) is 0. The highest BCUT2D eigenvalue weighted by molar-refractivity contribution is 6.19. The van der Waals surface area contributed by atoms with Gasteiger partial charge in [0.05, 0.1) is 5.70 Å². The third-order valence-corrected chi connectivity index (χ3v) is 4.59. The lowest BCUT2D eigenvalue weighted by atomic mass is 9.98. The second kappa shape index (κ2) is 4.54. The first-order valence-electron chi connectivity index (χ1n) is 7.56. The van der Waals surface area contributed by atoms with Gasteiger partial charge in [-0.25, -0.2) is 0 Å². The van der Waals surface area contributed by atoms with Gasteiger partial charge in [0.2, 0.25) is 0 Å². The molecular formula is C16H20N4. The Morgan fingerprint density at radius 1 is 1.05 bits per heavy atom. The van der Waals surface area contributed by atoms with Crippen molar-refractivity contribution >= 4 is 11.5 Å². The summed E-state index contributed by atoms with van der Waals surface area (Å²) in [5.74, 6) is 1.05. The van der Waals surface area contributed by atoms with E-state index in [-0.39, 0.29) is 5.66 Å². The molecule has 2 aliphatic heterocycles. The maximum Gasteiger partial charge on any atom is 0.178 e. The lowest BCUT2D eigenvalue weighted by molar-refractivity contribution is 0.175. The van der Waals surface area contributed by atoms with Crippen molar-refractivity contribution in [3.05, 3.63) is 42.9 Å². The van der Waals surface area contributed by atoms with E-state index in [1.165, 1.54) is 38.5 Å². The van der Waals surface area contributed by atoms with Crippen LogP contribution in [0.1, 0.15) is 38.5 Å². The van der Waals surface area contributed by atoms with Gasteiger partial charge in [-0.15, -0.1) is 0 Å². The van der Waals surface area contributed by atoms with Crippen molar-refractivity contribution in [2.24, 2.45) is 5.10 Å². The molecule has 0 aromatic carbocycles. The van der Waals surface area contributed by atoms with E-state index in [9.17, 15) is 0 Å². The summed E-state index contributed by atoms with van der Waals surface area (Å²) in [5, 5.41) is 4.67. The van der Waals surface area contributed by atoms with Gasteiger partial charge >= 0.3 is 0 Å². The molecule has 104 valence electrons. The standard InChI is InChI=1S/C16H20N4/c1-2-4-10-16(9-3-1)18-17-15-14(8-7-13-20(15)16)19-11-5-6-12-19/h5-8,11-13,18H,1-4,9-10H2. The smallest absolute Gasteiger partial charge is 0.178 e. The summed E-state index contributed by atoms with van der Waals surface area (Å²) in [6.07, 6.45) is 18.2. The fraction of sp³-hybridized carbons (Fsp3) is 0.438. The van der Waals surface area contributed by atoms with E-state index in [0.717, 1.165) is 11.5 Å². The molecule has 0 unspecified atom stereocenters. The fourth-order valence-corrected chi connectivity index (χ4v) is 3.52. The van der Waals surface area contributed by atoms with Crippen molar-refractivity contribution in [2.75, 3.05) is 0 Å². The van der Waals surface area contributed by atoms with Gasteiger partial charge in [0, 0.05) is 18.6 Å². The number of hydrazone groups is 1. The van der Waals surface area contributed by atoms with Gasteiger partial charge in [-0.05, 0) is 50.0 Å². The number of nitrogens with one attached hydrogen (secondary N) is 1. The molecule has 1 spiro atoms. The maximum absolute atomic E-state index is 4.67. The highest BCUT2D eigenvalue weighted by Gasteiger charge is 2.43. The van der Waals surface area contributed by atoms with E-state index in [4.69, 9.17) is 0 Å². The van der Waals surface area contributed by atoms with Crippen molar-refractivity contribution in [1.82, 2.24) is 14.9 Å².